The number of aromatic nitrogens is 2. The second kappa shape index (κ2) is 9.01. The van der Waals surface area contributed by atoms with Crippen molar-refractivity contribution in [3.63, 3.8) is 0 Å². The number of hydrogen-bond donors (Lipinski definition) is 0. The molecule has 2 rings (SSSR count). The molecule has 0 saturated heterocycles. The molecule has 0 aromatic carbocycles. The van der Waals surface area contributed by atoms with Crippen LogP contribution in [0.1, 0.15) is 11.1 Å². The molecule has 8 heteroatoms. The van der Waals surface area contributed by atoms with Crippen LogP contribution in [0, 0.1) is 11.5 Å². The number of thioether (sulfide) groups is 2. The molecule has 0 aliphatic heterocycles. The summed E-state index contributed by atoms with van der Waals surface area (Å²) in [5.41, 5.74) is 2.04. The van der Waals surface area contributed by atoms with E-state index in [2.05, 4.69) is 15.0 Å². The van der Waals surface area contributed by atoms with Crippen molar-refractivity contribution < 1.29 is 0 Å². The van der Waals surface area contributed by atoms with E-state index in [1.54, 1.807) is 24.5 Å². The third-order valence-corrected chi connectivity index (χ3v) is 5.23. The molecule has 112 valence electrons. The molecule has 4 nitrogen and oxygen atoms in total. The maximum Gasteiger partial charge on any atom is 0.207 e. The van der Waals surface area contributed by atoms with Crippen LogP contribution in [0.15, 0.2) is 41.7 Å². The molecular formula is C14H10Cl2N4S2. The average Bonchev–Trinajstić information content (AvgIpc) is 2.53. The Hall–Kier alpha value is -1.26. The minimum absolute atomic E-state index is 0.462. The molecule has 2 heterocycles. The quantitative estimate of drug-likeness (QED) is 0.336. The topological polar surface area (TPSA) is 61.9 Å². The summed E-state index contributed by atoms with van der Waals surface area (Å²) in [6, 6.07) is 7.29. The third-order valence-electron chi connectivity index (χ3n) is 2.44. The van der Waals surface area contributed by atoms with Crippen molar-refractivity contribution in [3.8, 4) is 6.19 Å². The fourth-order valence-corrected chi connectivity index (χ4v) is 3.46. The van der Waals surface area contributed by atoms with Gasteiger partial charge < -0.3 is 0 Å². The predicted octanol–water partition coefficient (Wildman–Crippen LogP) is 4.79. The van der Waals surface area contributed by atoms with Crippen LogP contribution in [-0.4, -0.2) is 14.3 Å². The van der Waals surface area contributed by atoms with Gasteiger partial charge in [0.25, 0.3) is 0 Å². The Labute approximate surface area is 147 Å². The van der Waals surface area contributed by atoms with Gasteiger partial charge in [-0.15, -0.1) is 0 Å². The predicted molar refractivity (Wildman–Crippen MR) is 94.1 cm³/mol. The van der Waals surface area contributed by atoms with Gasteiger partial charge in [0, 0.05) is 23.9 Å². The van der Waals surface area contributed by atoms with Gasteiger partial charge in [-0.05, 0) is 23.3 Å². The lowest BCUT2D eigenvalue weighted by molar-refractivity contribution is 1.25. The Balaban J connectivity index is 1.90. The molecule has 0 atom stereocenters. The van der Waals surface area contributed by atoms with Gasteiger partial charge in [0.15, 0.2) is 0 Å². The fraction of sp³-hybridized carbons (Fsp3) is 0.143. The van der Waals surface area contributed by atoms with E-state index in [0.29, 0.717) is 26.2 Å². The summed E-state index contributed by atoms with van der Waals surface area (Å²) in [5, 5.41) is 9.70. The highest BCUT2D eigenvalue weighted by Crippen LogP contribution is 2.25. The van der Waals surface area contributed by atoms with Gasteiger partial charge in [-0.25, -0.2) is 9.97 Å². The number of hydrogen-bond acceptors (Lipinski definition) is 6. The molecule has 2 aromatic rings. The standard InChI is InChI=1S/C14H10Cl2N4S2/c15-12-3-1-10(5-18-12)7-21-14(20-9-17)22-8-11-2-4-13(16)19-6-11/h1-6H,7-8H2. The van der Waals surface area contributed by atoms with Crippen molar-refractivity contribution in [2.75, 3.05) is 0 Å². The number of nitriles is 1. The van der Waals surface area contributed by atoms with E-state index in [9.17, 15) is 0 Å². The molecule has 0 bridgehead atoms. The average molecular weight is 369 g/mol. The highest BCUT2D eigenvalue weighted by molar-refractivity contribution is 8.38. The van der Waals surface area contributed by atoms with Crippen LogP contribution in [0.25, 0.3) is 0 Å². The zero-order valence-corrected chi connectivity index (χ0v) is 14.4. The van der Waals surface area contributed by atoms with Crippen molar-refractivity contribution in [3.05, 3.63) is 58.1 Å². The Morgan fingerprint density at radius 2 is 1.50 bits per heavy atom. The first kappa shape index (κ1) is 17.1. The number of pyridine rings is 2. The van der Waals surface area contributed by atoms with Crippen LogP contribution in [0.3, 0.4) is 0 Å². The highest BCUT2D eigenvalue weighted by atomic mass is 35.5. The lowest BCUT2D eigenvalue weighted by atomic mass is 10.3. The summed E-state index contributed by atoms with van der Waals surface area (Å²) in [6.07, 6.45) is 5.26. The van der Waals surface area contributed by atoms with Crippen LogP contribution in [0.5, 0.6) is 0 Å². The van der Waals surface area contributed by atoms with Gasteiger partial charge in [0.05, 0.1) is 0 Å². The van der Waals surface area contributed by atoms with E-state index in [4.69, 9.17) is 28.5 Å². The molecule has 0 amide bonds. The Bertz CT molecular complexity index is 630. The summed E-state index contributed by atoms with van der Waals surface area (Å²) in [7, 11) is 0. The van der Waals surface area contributed by atoms with E-state index < -0.39 is 0 Å². The maximum absolute atomic E-state index is 8.78. The van der Waals surface area contributed by atoms with Crippen LogP contribution < -0.4 is 0 Å². The van der Waals surface area contributed by atoms with Crippen molar-refractivity contribution in [2.24, 2.45) is 4.99 Å². The molecule has 0 saturated carbocycles. The monoisotopic (exact) mass is 368 g/mol. The highest BCUT2D eigenvalue weighted by Gasteiger charge is 2.05. The normalized spacial score (nSPS) is 10.0. The summed E-state index contributed by atoms with van der Waals surface area (Å²) < 4.78 is 0.701. The van der Waals surface area contributed by atoms with Crippen molar-refractivity contribution in [1.82, 2.24) is 9.97 Å². The zero-order chi connectivity index (χ0) is 15.8. The molecule has 0 fully saturated rings. The number of halogens is 2. The van der Waals surface area contributed by atoms with Gasteiger partial charge in [-0.2, -0.15) is 10.3 Å². The molecule has 22 heavy (non-hydrogen) atoms. The first-order valence-corrected chi connectivity index (χ1v) is 8.83. The van der Waals surface area contributed by atoms with Crippen molar-refractivity contribution >= 4 is 51.1 Å². The van der Waals surface area contributed by atoms with E-state index in [0.717, 1.165) is 11.1 Å². The van der Waals surface area contributed by atoms with Gasteiger partial charge in [-0.1, -0.05) is 58.9 Å². The first-order chi connectivity index (χ1) is 10.7. The Morgan fingerprint density at radius 1 is 1.00 bits per heavy atom. The SMILES string of the molecule is N#CN=C(SCc1ccc(Cl)nc1)SCc1ccc(Cl)nc1. The Morgan fingerprint density at radius 3 is 1.86 bits per heavy atom. The molecule has 0 N–H and O–H groups in total. The first-order valence-electron chi connectivity index (χ1n) is 6.10. The van der Waals surface area contributed by atoms with Gasteiger partial charge in [-0.3, -0.25) is 0 Å². The minimum atomic E-state index is 0.462. The summed E-state index contributed by atoms with van der Waals surface area (Å²) in [4.78, 5) is 11.9. The van der Waals surface area contributed by atoms with E-state index >= 15 is 0 Å². The largest absolute Gasteiger partial charge is 0.244 e. The molecule has 0 spiro atoms. The van der Waals surface area contributed by atoms with Crippen LogP contribution >= 0.6 is 46.7 Å². The van der Waals surface area contributed by atoms with E-state index in [1.807, 2.05) is 18.3 Å². The number of aliphatic imine (C=N–C) groups is 1. The third kappa shape index (κ3) is 5.85. The van der Waals surface area contributed by atoms with Crippen molar-refractivity contribution in [1.29, 1.82) is 5.26 Å². The summed E-state index contributed by atoms with van der Waals surface area (Å²) >= 11 is 14.5. The van der Waals surface area contributed by atoms with Gasteiger partial charge in [0.1, 0.15) is 14.7 Å². The minimum Gasteiger partial charge on any atom is -0.244 e. The molecular weight excluding hydrogens is 359 g/mol. The van der Waals surface area contributed by atoms with E-state index in [-0.39, 0.29) is 0 Å². The van der Waals surface area contributed by atoms with Crippen LogP contribution in [0.4, 0.5) is 0 Å². The second-order valence-electron chi connectivity index (χ2n) is 4.03. The van der Waals surface area contributed by atoms with Crippen LogP contribution in [0.2, 0.25) is 10.3 Å². The van der Waals surface area contributed by atoms with Crippen LogP contribution in [-0.2, 0) is 11.5 Å². The van der Waals surface area contributed by atoms with Gasteiger partial charge >= 0.3 is 0 Å². The van der Waals surface area contributed by atoms with E-state index in [1.165, 1.54) is 23.5 Å². The second-order valence-corrected chi connectivity index (χ2v) is 6.99. The zero-order valence-electron chi connectivity index (χ0n) is 11.2. The van der Waals surface area contributed by atoms with Gasteiger partial charge in [0.2, 0.25) is 6.19 Å². The van der Waals surface area contributed by atoms with Crippen molar-refractivity contribution in [2.45, 2.75) is 11.5 Å². The lowest BCUT2D eigenvalue weighted by Gasteiger charge is -2.04. The molecule has 0 radical (unpaired) electrons. The number of rotatable bonds is 4. The number of nitrogens with zero attached hydrogens (tertiary/aromatic N) is 4. The smallest absolute Gasteiger partial charge is 0.207 e. The Kier molecular flexibility index (Phi) is 7.00. The summed E-state index contributed by atoms with van der Waals surface area (Å²) in [6.45, 7) is 0. The molecule has 0 unspecified atom stereocenters. The maximum atomic E-state index is 8.78. The molecule has 0 aliphatic carbocycles. The fourth-order valence-electron chi connectivity index (χ4n) is 1.42. The molecule has 2 aromatic heterocycles. The molecule has 0 aliphatic rings. The summed E-state index contributed by atoms with van der Waals surface area (Å²) in [5.74, 6) is 1.35. The lowest BCUT2D eigenvalue weighted by Crippen LogP contribution is -1.91.